The first kappa shape index (κ1) is 13.4. The Kier molecular flexibility index (Phi) is 4.65. The summed E-state index contributed by atoms with van der Waals surface area (Å²) in [6, 6.07) is 7.31. The Morgan fingerprint density at radius 1 is 1.33 bits per heavy atom. The van der Waals surface area contributed by atoms with E-state index >= 15 is 0 Å². The topological polar surface area (TPSA) is 21.3 Å². The lowest BCUT2D eigenvalue weighted by atomic mass is 9.96. The highest BCUT2D eigenvalue weighted by Crippen LogP contribution is 2.26. The van der Waals surface area contributed by atoms with Gasteiger partial charge < -0.3 is 10.1 Å². The second kappa shape index (κ2) is 6.24. The van der Waals surface area contributed by atoms with E-state index in [1.807, 2.05) is 0 Å². The maximum atomic E-state index is 5.54. The summed E-state index contributed by atoms with van der Waals surface area (Å²) >= 11 is 0. The van der Waals surface area contributed by atoms with Gasteiger partial charge in [0.25, 0.3) is 0 Å². The van der Waals surface area contributed by atoms with Crippen LogP contribution in [0.3, 0.4) is 0 Å². The molecule has 1 heterocycles. The lowest BCUT2D eigenvalue weighted by molar-refractivity contribution is 0.357. The lowest BCUT2D eigenvalue weighted by Gasteiger charge is -2.18. The summed E-state index contributed by atoms with van der Waals surface area (Å²) in [6.07, 6.45) is 4.70. The van der Waals surface area contributed by atoms with Gasteiger partial charge in [0.1, 0.15) is 5.75 Å². The number of benzene rings is 1. The molecule has 0 spiro atoms. The third-order valence-electron chi connectivity index (χ3n) is 3.70. The zero-order chi connectivity index (χ0) is 13.0. The van der Waals surface area contributed by atoms with E-state index in [4.69, 9.17) is 4.74 Å². The van der Waals surface area contributed by atoms with Crippen LogP contribution in [-0.2, 0) is 12.8 Å². The van der Waals surface area contributed by atoms with Crippen molar-refractivity contribution >= 4 is 0 Å². The fourth-order valence-corrected chi connectivity index (χ4v) is 2.69. The molecule has 1 atom stereocenters. The minimum atomic E-state index is 0.634. The maximum Gasteiger partial charge on any atom is 0.122 e. The molecule has 0 saturated heterocycles. The Morgan fingerprint density at radius 2 is 2.17 bits per heavy atom. The van der Waals surface area contributed by atoms with Gasteiger partial charge in [-0.05, 0) is 49.4 Å². The van der Waals surface area contributed by atoms with E-state index in [9.17, 15) is 0 Å². The van der Waals surface area contributed by atoms with E-state index < -0.39 is 0 Å². The number of nitrogens with one attached hydrogen (secondary N) is 1. The van der Waals surface area contributed by atoms with Crippen molar-refractivity contribution in [2.45, 2.75) is 45.6 Å². The second-order valence-corrected chi connectivity index (χ2v) is 5.69. The predicted molar refractivity (Wildman–Crippen MR) is 76.3 cm³/mol. The van der Waals surface area contributed by atoms with Crippen LogP contribution in [0.1, 0.15) is 37.8 Å². The third kappa shape index (κ3) is 3.49. The normalized spacial score (nSPS) is 15.6. The minimum Gasteiger partial charge on any atom is -0.493 e. The zero-order valence-corrected chi connectivity index (χ0v) is 11.8. The van der Waals surface area contributed by atoms with Crippen LogP contribution in [0.25, 0.3) is 0 Å². The summed E-state index contributed by atoms with van der Waals surface area (Å²) in [5.74, 6) is 1.85. The molecule has 1 unspecified atom stereocenters. The molecule has 2 heteroatoms. The zero-order valence-electron chi connectivity index (χ0n) is 11.8. The number of fused-ring (bicyclic) bond motifs is 1. The monoisotopic (exact) mass is 247 g/mol. The predicted octanol–water partition coefficient (Wildman–Crippen LogP) is 3.19. The summed E-state index contributed by atoms with van der Waals surface area (Å²) < 4.78 is 5.54. The standard InChI is InChI=1S/C16H25NO/c1-12(2)10-15(17-3)6-4-13-5-7-16-14(11-13)8-9-18-16/h5,7,11-12,15,17H,4,6,8-10H2,1-3H3. The van der Waals surface area contributed by atoms with Crippen molar-refractivity contribution in [2.75, 3.05) is 13.7 Å². The molecule has 1 aromatic carbocycles. The molecule has 0 saturated carbocycles. The molecular formula is C16H25NO. The molecule has 0 aromatic heterocycles. The van der Waals surface area contributed by atoms with Gasteiger partial charge in [-0.2, -0.15) is 0 Å². The first-order valence-corrected chi connectivity index (χ1v) is 7.11. The molecule has 0 bridgehead atoms. The first-order valence-electron chi connectivity index (χ1n) is 7.11. The van der Waals surface area contributed by atoms with Gasteiger partial charge in [0.15, 0.2) is 0 Å². The Bertz CT molecular complexity index is 387. The minimum absolute atomic E-state index is 0.634. The summed E-state index contributed by atoms with van der Waals surface area (Å²) in [5.41, 5.74) is 2.83. The second-order valence-electron chi connectivity index (χ2n) is 5.69. The number of rotatable bonds is 6. The molecule has 18 heavy (non-hydrogen) atoms. The highest BCUT2D eigenvalue weighted by atomic mass is 16.5. The molecule has 2 nitrogen and oxygen atoms in total. The van der Waals surface area contributed by atoms with Gasteiger partial charge in [-0.25, -0.2) is 0 Å². The van der Waals surface area contributed by atoms with Gasteiger partial charge in [0, 0.05) is 12.5 Å². The molecule has 0 fully saturated rings. The van der Waals surface area contributed by atoms with Crippen molar-refractivity contribution in [1.82, 2.24) is 5.32 Å². The van der Waals surface area contributed by atoms with Crippen molar-refractivity contribution in [3.8, 4) is 5.75 Å². The number of hydrogen-bond donors (Lipinski definition) is 1. The van der Waals surface area contributed by atoms with Crippen molar-refractivity contribution in [3.05, 3.63) is 29.3 Å². The molecule has 100 valence electrons. The summed E-state index contributed by atoms with van der Waals surface area (Å²) in [5, 5.41) is 3.43. The van der Waals surface area contributed by atoms with E-state index in [-0.39, 0.29) is 0 Å². The molecular weight excluding hydrogens is 222 g/mol. The smallest absolute Gasteiger partial charge is 0.122 e. The van der Waals surface area contributed by atoms with Crippen LogP contribution in [0.2, 0.25) is 0 Å². The van der Waals surface area contributed by atoms with Gasteiger partial charge in [-0.1, -0.05) is 26.0 Å². The van der Waals surface area contributed by atoms with E-state index in [0.717, 1.165) is 31.1 Å². The van der Waals surface area contributed by atoms with Crippen LogP contribution in [-0.4, -0.2) is 19.7 Å². The average Bonchev–Trinajstić information content (AvgIpc) is 2.81. The summed E-state index contributed by atoms with van der Waals surface area (Å²) in [4.78, 5) is 0. The Balaban J connectivity index is 1.89. The quantitative estimate of drug-likeness (QED) is 0.833. The Hall–Kier alpha value is -1.02. The number of ether oxygens (including phenoxy) is 1. The van der Waals surface area contributed by atoms with E-state index in [1.54, 1.807) is 0 Å². The molecule has 1 aliphatic heterocycles. The van der Waals surface area contributed by atoms with Crippen LogP contribution in [0.5, 0.6) is 5.75 Å². The van der Waals surface area contributed by atoms with E-state index in [1.165, 1.54) is 24.0 Å². The fourth-order valence-electron chi connectivity index (χ4n) is 2.69. The van der Waals surface area contributed by atoms with Gasteiger partial charge in [0.05, 0.1) is 6.61 Å². The molecule has 1 N–H and O–H groups in total. The molecule has 2 rings (SSSR count). The molecule has 0 radical (unpaired) electrons. The van der Waals surface area contributed by atoms with E-state index in [0.29, 0.717) is 6.04 Å². The van der Waals surface area contributed by atoms with Gasteiger partial charge in [-0.3, -0.25) is 0 Å². The lowest BCUT2D eigenvalue weighted by Crippen LogP contribution is -2.27. The largest absolute Gasteiger partial charge is 0.493 e. The van der Waals surface area contributed by atoms with Crippen LogP contribution < -0.4 is 10.1 Å². The summed E-state index contributed by atoms with van der Waals surface area (Å²) in [6.45, 7) is 5.43. The SMILES string of the molecule is CNC(CCc1ccc2c(c1)CCO2)CC(C)C. The van der Waals surface area contributed by atoms with Crippen LogP contribution >= 0.6 is 0 Å². The average molecular weight is 247 g/mol. The highest BCUT2D eigenvalue weighted by molar-refractivity contribution is 5.39. The highest BCUT2D eigenvalue weighted by Gasteiger charge is 2.13. The number of hydrogen-bond acceptors (Lipinski definition) is 2. The van der Waals surface area contributed by atoms with Crippen LogP contribution in [0.15, 0.2) is 18.2 Å². The Labute approximate surface area is 111 Å². The van der Waals surface area contributed by atoms with Crippen molar-refractivity contribution < 1.29 is 4.74 Å². The van der Waals surface area contributed by atoms with Crippen molar-refractivity contribution in [3.63, 3.8) is 0 Å². The first-order chi connectivity index (χ1) is 8.69. The maximum absolute atomic E-state index is 5.54. The Morgan fingerprint density at radius 3 is 2.89 bits per heavy atom. The fraction of sp³-hybridized carbons (Fsp3) is 0.625. The summed E-state index contributed by atoms with van der Waals surface area (Å²) in [7, 11) is 2.07. The molecule has 1 aliphatic rings. The van der Waals surface area contributed by atoms with Crippen molar-refractivity contribution in [1.29, 1.82) is 0 Å². The van der Waals surface area contributed by atoms with Crippen molar-refractivity contribution in [2.24, 2.45) is 5.92 Å². The molecule has 1 aromatic rings. The van der Waals surface area contributed by atoms with Gasteiger partial charge >= 0.3 is 0 Å². The van der Waals surface area contributed by atoms with E-state index in [2.05, 4.69) is 44.4 Å². The molecule has 0 aliphatic carbocycles. The van der Waals surface area contributed by atoms with Crippen LogP contribution in [0.4, 0.5) is 0 Å². The van der Waals surface area contributed by atoms with Gasteiger partial charge in [-0.15, -0.1) is 0 Å². The van der Waals surface area contributed by atoms with Crippen LogP contribution in [0, 0.1) is 5.92 Å². The molecule has 0 amide bonds. The number of aryl methyl sites for hydroxylation is 1. The third-order valence-corrected chi connectivity index (χ3v) is 3.70. The van der Waals surface area contributed by atoms with Gasteiger partial charge in [0.2, 0.25) is 0 Å².